The molecule has 6 heteroatoms. The van der Waals surface area contributed by atoms with E-state index in [4.69, 9.17) is 10.00 Å². The highest BCUT2D eigenvalue weighted by atomic mass is 16.5. The third kappa shape index (κ3) is 3.72. The van der Waals surface area contributed by atoms with E-state index in [-0.39, 0.29) is 11.8 Å². The number of benzene rings is 1. The minimum Gasteiger partial charge on any atom is -0.480 e. The van der Waals surface area contributed by atoms with Crippen LogP contribution in [0, 0.1) is 11.3 Å². The molecule has 0 spiro atoms. The zero-order valence-electron chi connectivity index (χ0n) is 11.8. The fourth-order valence-electron chi connectivity index (χ4n) is 2.15. The van der Waals surface area contributed by atoms with Crippen LogP contribution in [0.2, 0.25) is 0 Å². The lowest BCUT2D eigenvalue weighted by atomic mass is 10.2. The predicted molar refractivity (Wildman–Crippen MR) is 75.5 cm³/mol. The van der Waals surface area contributed by atoms with Gasteiger partial charge in [0.15, 0.2) is 6.10 Å². The second kappa shape index (κ2) is 6.75. The summed E-state index contributed by atoms with van der Waals surface area (Å²) in [6.45, 7) is 2.96. The Labute approximate surface area is 123 Å². The number of amides is 2. The molecule has 110 valence electrons. The monoisotopic (exact) mass is 287 g/mol. The number of hydrogen-bond acceptors (Lipinski definition) is 4. The van der Waals surface area contributed by atoms with E-state index in [0.29, 0.717) is 37.4 Å². The second-order valence-electron chi connectivity index (χ2n) is 4.79. The van der Waals surface area contributed by atoms with Gasteiger partial charge in [-0.3, -0.25) is 9.59 Å². The zero-order valence-corrected chi connectivity index (χ0v) is 11.8. The van der Waals surface area contributed by atoms with Crippen molar-refractivity contribution in [1.29, 1.82) is 5.26 Å². The smallest absolute Gasteiger partial charge is 0.263 e. The van der Waals surface area contributed by atoms with E-state index in [2.05, 4.69) is 5.32 Å². The molecule has 1 saturated heterocycles. The number of nitriles is 1. The molecule has 1 N–H and O–H groups in total. The van der Waals surface area contributed by atoms with Crippen LogP contribution in [0.15, 0.2) is 24.3 Å². The van der Waals surface area contributed by atoms with E-state index < -0.39 is 6.10 Å². The first kappa shape index (κ1) is 14.9. The normalized spacial score (nSPS) is 16.4. The van der Waals surface area contributed by atoms with Crippen molar-refractivity contribution in [2.75, 3.05) is 19.6 Å². The first-order valence-corrected chi connectivity index (χ1v) is 6.83. The number of rotatable bonds is 3. The van der Waals surface area contributed by atoms with Gasteiger partial charge in [-0.15, -0.1) is 0 Å². The summed E-state index contributed by atoms with van der Waals surface area (Å²) in [4.78, 5) is 25.2. The number of para-hydroxylation sites is 1. The molecule has 1 aliphatic rings. The van der Waals surface area contributed by atoms with Crippen LogP contribution in [0.25, 0.3) is 0 Å². The van der Waals surface area contributed by atoms with E-state index in [1.807, 2.05) is 6.07 Å². The van der Waals surface area contributed by atoms with Crippen molar-refractivity contribution >= 4 is 11.8 Å². The van der Waals surface area contributed by atoms with Crippen molar-refractivity contribution in [3.63, 3.8) is 0 Å². The average molecular weight is 287 g/mol. The van der Waals surface area contributed by atoms with Crippen LogP contribution in [0.3, 0.4) is 0 Å². The van der Waals surface area contributed by atoms with Crippen molar-refractivity contribution in [1.82, 2.24) is 10.2 Å². The number of nitrogens with one attached hydrogen (secondary N) is 1. The highest BCUT2D eigenvalue weighted by Gasteiger charge is 2.24. The van der Waals surface area contributed by atoms with Gasteiger partial charge < -0.3 is 15.0 Å². The second-order valence-corrected chi connectivity index (χ2v) is 4.79. The van der Waals surface area contributed by atoms with E-state index in [9.17, 15) is 9.59 Å². The van der Waals surface area contributed by atoms with Gasteiger partial charge >= 0.3 is 0 Å². The summed E-state index contributed by atoms with van der Waals surface area (Å²) in [6, 6.07) is 8.83. The lowest BCUT2D eigenvalue weighted by Crippen LogP contribution is -2.42. The Balaban J connectivity index is 2.02. The molecule has 1 atom stereocenters. The van der Waals surface area contributed by atoms with Crippen LogP contribution in [-0.4, -0.2) is 42.5 Å². The van der Waals surface area contributed by atoms with Crippen molar-refractivity contribution in [3.8, 4) is 11.8 Å². The minimum absolute atomic E-state index is 0.0475. The predicted octanol–water partition coefficient (Wildman–Crippen LogP) is 0.674. The van der Waals surface area contributed by atoms with E-state index in [1.165, 1.54) is 0 Å². The maximum absolute atomic E-state index is 12.3. The van der Waals surface area contributed by atoms with Gasteiger partial charge in [0.2, 0.25) is 5.91 Å². The maximum Gasteiger partial charge on any atom is 0.263 e. The molecule has 1 aliphatic heterocycles. The largest absolute Gasteiger partial charge is 0.480 e. The molecule has 0 saturated carbocycles. The summed E-state index contributed by atoms with van der Waals surface area (Å²) in [5.74, 6) is 0.165. The summed E-state index contributed by atoms with van der Waals surface area (Å²) in [6.07, 6.45) is -0.402. The molecule has 2 rings (SSSR count). The zero-order chi connectivity index (χ0) is 15.2. The first-order valence-electron chi connectivity index (χ1n) is 6.83. The van der Waals surface area contributed by atoms with E-state index in [0.717, 1.165) is 0 Å². The lowest BCUT2D eigenvalue weighted by Gasteiger charge is -2.24. The molecule has 2 amide bonds. The highest BCUT2D eigenvalue weighted by Crippen LogP contribution is 2.18. The Morgan fingerprint density at radius 1 is 1.43 bits per heavy atom. The number of hydrogen-bond donors (Lipinski definition) is 1. The Kier molecular flexibility index (Phi) is 4.77. The van der Waals surface area contributed by atoms with Gasteiger partial charge in [-0.25, -0.2) is 0 Å². The molecule has 0 aliphatic carbocycles. The number of ether oxygens (including phenoxy) is 1. The van der Waals surface area contributed by atoms with Crippen LogP contribution in [0.1, 0.15) is 18.9 Å². The number of carbonyl (C=O) groups is 2. The summed E-state index contributed by atoms with van der Waals surface area (Å²) >= 11 is 0. The van der Waals surface area contributed by atoms with Crippen molar-refractivity contribution in [2.24, 2.45) is 0 Å². The van der Waals surface area contributed by atoms with Crippen molar-refractivity contribution in [3.05, 3.63) is 29.8 Å². The van der Waals surface area contributed by atoms with E-state index >= 15 is 0 Å². The van der Waals surface area contributed by atoms with Crippen LogP contribution in [0.5, 0.6) is 5.75 Å². The van der Waals surface area contributed by atoms with Crippen LogP contribution < -0.4 is 10.1 Å². The Morgan fingerprint density at radius 2 is 2.19 bits per heavy atom. The van der Waals surface area contributed by atoms with Gasteiger partial charge in [0.1, 0.15) is 11.8 Å². The molecule has 0 bridgehead atoms. The topological polar surface area (TPSA) is 82.4 Å². The van der Waals surface area contributed by atoms with Gasteiger partial charge in [-0.05, 0) is 19.1 Å². The first-order chi connectivity index (χ1) is 10.1. The fourth-order valence-corrected chi connectivity index (χ4v) is 2.15. The van der Waals surface area contributed by atoms with Crippen LogP contribution in [-0.2, 0) is 9.59 Å². The SMILES string of the molecule is CC(Oc1ccccc1C#N)C(=O)N1CCNC(=O)CC1. The summed E-state index contributed by atoms with van der Waals surface area (Å²) in [5, 5.41) is 11.7. The summed E-state index contributed by atoms with van der Waals surface area (Å²) in [7, 11) is 0. The maximum atomic E-state index is 12.3. The number of nitrogens with zero attached hydrogens (tertiary/aromatic N) is 2. The van der Waals surface area contributed by atoms with Crippen molar-refractivity contribution in [2.45, 2.75) is 19.4 Å². The number of carbonyl (C=O) groups excluding carboxylic acids is 2. The summed E-state index contributed by atoms with van der Waals surface area (Å²) in [5.41, 5.74) is 0.393. The lowest BCUT2D eigenvalue weighted by molar-refractivity contribution is -0.137. The molecule has 1 aromatic rings. The third-order valence-corrected chi connectivity index (χ3v) is 3.28. The molecule has 21 heavy (non-hydrogen) atoms. The van der Waals surface area contributed by atoms with Gasteiger partial charge in [-0.1, -0.05) is 12.1 Å². The van der Waals surface area contributed by atoms with Gasteiger partial charge in [0.05, 0.1) is 5.56 Å². The standard InChI is InChI=1S/C15H17N3O3/c1-11(21-13-5-3-2-4-12(13)10-16)15(20)18-8-6-14(19)17-7-9-18/h2-5,11H,6-9H2,1H3,(H,17,19). The molecule has 0 aromatic heterocycles. The third-order valence-electron chi connectivity index (χ3n) is 3.28. The van der Waals surface area contributed by atoms with Crippen molar-refractivity contribution < 1.29 is 14.3 Å². The molecule has 1 aromatic carbocycles. The average Bonchev–Trinajstić information content (AvgIpc) is 2.71. The Hall–Kier alpha value is -2.55. The molecular weight excluding hydrogens is 270 g/mol. The van der Waals surface area contributed by atoms with Crippen LogP contribution >= 0.6 is 0 Å². The van der Waals surface area contributed by atoms with E-state index in [1.54, 1.807) is 36.1 Å². The fraction of sp³-hybridized carbons (Fsp3) is 0.400. The summed E-state index contributed by atoms with van der Waals surface area (Å²) < 4.78 is 5.60. The van der Waals surface area contributed by atoms with Gasteiger partial charge in [-0.2, -0.15) is 5.26 Å². The molecule has 6 nitrogen and oxygen atoms in total. The molecular formula is C15H17N3O3. The Bertz CT molecular complexity index is 580. The minimum atomic E-state index is -0.701. The van der Waals surface area contributed by atoms with Gasteiger partial charge in [0.25, 0.3) is 5.91 Å². The molecule has 1 unspecified atom stereocenters. The molecule has 1 fully saturated rings. The molecule has 0 radical (unpaired) electrons. The highest BCUT2D eigenvalue weighted by molar-refractivity contribution is 5.83. The van der Waals surface area contributed by atoms with Crippen LogP contribution in [0.4, 0.5) is 0 Å². The Morgan fingerprint density at radius 3 is 2.95 bits per heavy atom. The molecule has 1 heterocycles. The van der Waals surface area contributed by atoms with Gasteiger partial charge in [0, 0.05) is 26.1 Å². The quantitative estimate of drug-likeness (QED) is 0.886.